The zero-order valence-electron chi connectivity index (χ0n) is 9.66. The summed E-state index contributed by atoms with van der Waals surface area (Å²) in [5, 5.41) is 2.98. The van der Waals surface area contributed by atoms with Crippen LogP contribution in [-0.2, 0) is 9.53 Å². The Kier molecular flexibility index (Phi) is 5.05. The molecular formula is C11H22N2O2. The average molecular weight is 214 g/mol. The van der Waals surface area contributed by atoms with E-state index >= 15 is 0 Å². The molecule has 4 heteroatoms. The third-order valence-electron chi connectivity index (χ3n) is 2.68. The van der Waals surface area contributed by atoms with Gasteiger partial charge >= 0.3 is 0 Å². The van der Waals surface area contributed by atoms with Gasteiger partial charge in [0.15, 0.2) is 0 Å². The maximum atomic E-state index is 11.4. The van der Waals surface area contributed by atoms with Crippen LogP contribution >= 0.6 is 0 Å². The molecule has 0 unspecified atom stereocenters. The van der Waals surface area contributed by atoms with E-state index in [9.17, 15) is 4.79 Å². The van der Waals surface area contributed by atoms with E-state index in [1.165, 1.54) is 0 Å². The van der Waals surface area contributed by atoms with Gasteiger partial charge in [0.25, 0.3) is 0 Å². The molecule has 0 radical (unpaired) electrons. The Morgan fingerprint density at radius 2 is 2.00 bits per heavy atom. The molecule has 0 atom stereocenters. The lowest BCUT2D eigenvalue weighted by Crippen LogP contribution is -2.42. The highest BCUT2D eigenvalue weighted by Gasteiger charge is 2.19. The van der Waals surface area contributed by atoms with E-state index in [4.69, 9.17) is 10.5 Å². The molecule has 0 aromatic carbocycles. The molecule has 0 aromatic heterocycles. The Morgan fingerprint density at radius 1 is 1.40 bits per heavy atom. The van der Waals surface area contributed by atoms with Crippen molar-refractivity contribution >= 4 is 5.91 Å². The van der Waals surface area contributed by atoms with E-state index in [2.05, 4.69) is 5.32 Å². The number of carbonyl (C=O) groups is 1. The fourth-order valence-corrected chi connectivity index (χ4v) is 1.78. The second kappa shape index (κ2) is 6.08. The van der Waals surface area contributed by atoms with Crippen LogP contribution in [-0.4, -0.2) is 30.7 Å². The van der Waals surface area contributed by atoms with Gasteiger partial charge in [-0.1, -0.05) is 0 Å². The van der Waals surface area contributed by atoms with Crippen LogP contribution in [0.4, 0.5) is 0 Å². The second-order valence-corrected chi connectivity index (χ2v) is 4.54. The fourth-order valence-electron chi connectivity index (χ4n) is 1.78. The van der Waals surface area contributed by atoms with Crippen LogP contribution < -0.4 is 11.1 Å². The van der Waals surface area contributed by atoms with Gasteiger partial charge < -0.3 is 15.8 Å². The van der Waals surface area contributed by atoms with E-state index in [-0.39, 0.29) is 18.6 Å². The zero-order chi connectivity index (χ0) is 11.3. The van der Waals surface area contributed by atoms with Crippen LogP contribution in [0.1, 0.15) is 39.5 Å². The SMILES string of the molecule is CC(C)OCC(=O)NC1CCC(N)CC1. The van der Waals surface area contributed by atoms with Gasteiger partial charge in [0.1, 0.15) is 6.61 Å². The Morgan fingerprint density at radius 3 is 2.53 bits per heavy atom. The minimum atomic E-state index is -0.0100. The van der Waals surface area contributed by atoms with Gasteiger partial charge in [-0.05, 0) is 39.5 Å². The highest BCUT2D eigenvalue weighted by Crippen LogP contribution is 2.16. The summed E-state index contributed by atoms with van der Waals surface area (Å²) < 4.78 is 5.23. The van der Waals surface area contributed by atoms with Crippen LogP contribution in [0.5, 0.6) is 0 Å². The summed E-state index contributed by atoms with van der Waals surface area (Å²) in [7, 11) is 0. The van der Waals surface area contributed by atoms with E-state index in [1.807, 2.05) is 13.8 Å². The van der Waals surface area contributed by atoms with Crippen LogP contribution in [0, 0.1) is 0 Å². The minimum Gasteiger partial charge on any atom is -0.369 e. The van der Waals surface area contributed by atoms with Crippen molar-refractivity contribution in [3.05, 3.63) is 0 Å². The quantitative estimate of drug-likeness (QED) is 0.727. The van der Waals surface area contributed by atoms with Gasteiger partial charge in [0.2, 0.25) is 5.91 Å². The van der Waals surface area contributed by atoms with Gasteiger partial charge in [0.05, 0.1) is 6.10 Å². The molecule has 0 saturated heterocycles. The van der Waals surface area contributed by atoms with Gasteiger partial charge in [-0.25, -0.2) is 0 Å². The van der Waals surface area contributed by atoms with Gasteiger partial charge in [-0.15, -0.1) is 0 Å². The molecule has 0 aliphatic heterocycles. The average Bonchev–Trinajstić information content (AvgIpc) is 2.19. The van der Waals surface area contributed by atoms with E-state index < -0.39 is 0 Å². The third-order valence-corrected chi connectivity index (χ3v) is 2.68. The normalized spacial score (nSPS) is 26.7. The smallest absolute Gasteiger partial charge is 0.246 e. The van der Waals surface area contributed by atoms with Crippen molar-refractivity contribution in [2.75, 3.05) is 6.61 Å². The lowest BCUT2D eigenvalue weighted by molar-refractivity contribution is -0.128. The first-order valence-electron chi connectivity index (χ1n) is 5.74. The lowest BCUT2D eigenvalue weighted by atomic mass is 9.92. The van der Waals surface area contributed by atoms with Crippen molar-refractivity contribution in [1.29, 1.82) is 0 Å². The highest BCUT2D eigenvalue weighted by molar-refractivity contribution is 5.77. The van der Waals surface area contributed by atoms with Crippen molar-refractivity contribution in [3.63, 3.8) is 0 Å². The lowest BCUT2D eigenvalue weighted by Gasteiger charge is -2.26. The van der Waals surface area contributed by atoms with Gasteiger partial charge in [0, 0.05) is 12.1 Å². The summed E-state index contributed by atoms with van der Waals surface area (Å²) in [5.41, 5.74) is 5.79. The summed E-state index contributed by atoms with van der Waals surface area (Å²) in [6.45, 7) is 4.01. The number of nitrogens with one attached hydrogen (secondary N) is 1. The first kappa shape index (κ1) is 12.5. The Bertz CT molecular complexity index is 199. The molecule has 0 heterocycles. The molecule has 1 rings (SSSR count). The first-order valence-corrected chi connectivity index (χ1v) is 5.74. The molecule has 1 aliphatic carbocycles. The second-order valence-electron chi connectivity index (χ2n) is 4.54. The maximum absolute atomic E-state index is 11.4. The molecule has 4 nitrogen and oxygen atoms in total. The molecule has 0 bridgehead atoms. The molecule has 0 spiro atoms. The zero-order valence-corrected chi connectivity index (χ0v) is 9.66. The monoisotopic (exact) mass is 214 g/mol. The summed E-state index contributed by atoms with van der Waals surface area (Å²) in [6, 6.07) is 0.623. The predicted octanol–water partition coefficient (Wildman–Crippen LogP) is 0.797. The maximum Gasteiger partial charge on any atom is 0.246 e. The van der Waals surface area contributed by atoms with Gasteiger partial charge in [-0.3, -0.25) is 4.79 Å². The molecule has 3 N–H and O–H groups in total. The number of rotatable bonds is 4. The third kappa shape index (κ3) is 5.14. The Balaban J connectivity index is 2.15. The number of nitrogens with two attached hydrogens (primary N) is 1. The van der Waals surface area contributed by atoms with Crippen LogP contribution in [0.3, 0.4) is 0 Å². The molecule has 15 heavy (non-hydrogen) atoms. The predicted molar refractivity (Wildman–Crippen MR) is 59.5 cm³/mol. The molecule has 0 aromatic rings. The van der Waals surface area contributed by atoms with Crippen LogP contribution in [0.25, 0.3) is 0 Å². The molecule has 88 valence electrons. The summed E-state index contributed by atoms with van der Waals surface area (Å²) in [5.74, 6) is -0.0100. The summed E-state index contributed by atoms with van der Waals surface area (Å²) in [6.07, 6.45) is 4.12. The van der Waals surface area contributed by atoms with Crippen LogP contribution in [0.15, 0.2) is 0 Å². The largest absolute Gasteiger partial charge is 0.369 e. The highest BCUT2D eigenvalue weighted by atomic mass is 16.5. The summed E-state index contributed by atoms with van der Waals surface area (Å²) in [4.78, 5) is 11.4. The van der Waals surface area contributed by atoms with Crippen molar-refractivity contribution in [1.82, 2.24) is 5.32 Å². The van der Waals surface area contributed by atoms with E-state index in [1.54, 1.807) is 0 Å². The van der Waals surface area contributed by atoms with Gasteiger partial charge in [-0.2, -0.15) is 0 Å². The number of amides is 1. The molecular weight excluding hydrogens is 192 g/mol. The van der Waals surface area contributed by atoms with Crippen molar-refractivity contribution < 1.29 is 9.53 Å². The number of ether oxygens (including phenoxy) is 1. The fraction of sp³-hybridized carbons (Fsp3) is 0.909. The first-order chi connectivity index (χ1) is 7.08. The van der Waals surface area contributed by atoms with E-state index in [0.29, 0.717) is 12.1 Å². The minimum absolute atomic E-state index is 0.0100. The van der Waals surface area contributed by atoms with Crippen LogP contribution in [0.2, 0.25) is 0 Å². The van der Waals surface area contributed by atoms with Crippen molar-refractivity contribution in [3.8, 4) is 0 Å². The standard InChI is InChI=1S/C11H22N2O2/c1-8(2)15-7-11(14)13-10-5-3-9(12)4-6-10/h8-10H,3-7,12H2,1-2H3,(H,13,14). The molecule has 1 amide bonds. The Labute approximate surface area is 91.5 Å². The topological polar surface area (TPSA) is 64.3 Å². The molecule has 1 fully saturated rings. The number of hydrogen-bond donors (Lipinski definition) is 2. The van der Waals surface area contributed by atoms with Crippen molar-refractivity contribution in [2.24, 2.45) is 5.73 Å². The molecule has 1 aliphatic rings. The van der Waals surface area contributed by atoms with E-state index in [0.717, 1.165) is 25.7 Å². The Hall–Kier alpha value is -0.610. The van der Waals surface area contributed by atoms with Crippen molar-refractivity contribution in [2.45, 2.75) is 57.7 Å². The molecule has 1 saturated carbocycles. The number of hydrogen-bond acceptors (Lipinski definition) is 3. The number of carbonyl (C=O) groups excluding carboxylic acids is 1. The summed E-state index contributed by atoms with van der Waals surface area (Å²) >= 11 is 0.